The molecule has 1 aromatic rings. The summed E-state index contributed by atoms with van der Waals surface area (Å²) in [6, 6.07) is 5.91. The van der Waals surface area contributed by atoms with Crippen LogP contribution in [0.3, 0.4) is 0 Å². The summed E-state index contributed by atoms with van der Waals surface area (Å²) >= 11 is 0. The van der Waals surface area contributed by atoms with Crippen LogP contribution in [0.5, 0.6) is 5.88 Å². The summed E-state index contributed by atoms with van der Waals surface area (Å²) in [4.78, 5) is 6.84. The van der Waals surface area contributed by atoms with E-state index in [1.807, 2.05) is 25.2 Å². The van der Waals surface area contributed by atoms with Crippen molar-refractivity contribution < 1.29 is 4.74 Å². The molecule has 0 aliphatic carbocycles. The van der Waals surface area contributed by atoms with E-state index in [1.165, 1.54) is 0 Å². The molecule has 0 amide bonds. The zero-order valence-electron chi connectivity index (χ0n) is 11.1. The standard InChI is InChI=1S/C13H23N3O/c1-4-9-16(10-8-14-2)11-12-6-5-7-13(15-12)17-3/h5-7,14H,4,8-11H2,1-3H3. The molecule has 96 valence electrons. The zero-order valence-corrected chi connectivity index (χ0v) is 11.1. The van der Waals surface area contributed by atoms with Gasteiger partial charge in [-0.05, 0) is 26.1 Å². The van der Waals surface area contributed by atoms with Gasteiger partial charge in [-0.1, -0.05) is 13.0 Å². The van der Waals surface area contributed by atoms with E-state index in [9.17, 15) is 0 Å². The van der Waals surface area contributed by atoms with Crippen molar-refractivity contribution in [1.29, 1.82) is 0 Å². The second-order valence-corrected chi connectivity index (χ2v) is 4.05. The van der Waals surface area contributed by atoms with Crippen LogP contribution in [0.4, 0.5) is 0 Å². The number of aromatic nitrogens is 1. The highest BCUT2D eigenvalue weighted by Gasteiger charge is 2.06. The summed E-state index contributed by atoms with van der Waals surface area (Å²) < 4.78 is 5.14. The van der Waals surface area contributed by atoms with E-state index in [1.54, 1.807) is 7.11 Å². The lowest BCUT2D eigenvalue weighted by Crippen LogP contribution is -2.31. The minimum atomic E-state index is 0.688. The normalized spacial score (nSPS) is 10.8. The number of rotatable bonds is 8. The molecule has 0 aliphatic heterocycles. The molecule has 0 unspecified atom stereocenters. The molecule has 4 nitrogen and oxygen atoms in total. The quantitative estimate of drug-likeness (QED) is 0.744. The van der Waals surface area contributed by atoms with Gasteiger partial charge in [0.1, 0.15) is 0 Å². The Kier molecular flexibility index (Phi) is 6.58. The number of nitrogens with zero attached hydrogens (tertiary/aromatic N) is 2. The van der Waals surface area contributed by atoms with Crippen LogP contribution in [0.1, 0.15) is 19.0 Å². The Morgan fingerprint density at radius 2 is 2.18 bits per heavy atom. The summed E-state index contributed by atoms with van der Waals surface area (Å²) in [5, 5.41) is 3.18. The van der Waals surface area contributed by atoms with Gasteiger partial charge < -0.3 is 10.1 Å². The van der Waals surface area contributed by atoms with Crippen LogP contribution in [-0.2, 0) is 6.54 Å². The van der Waals surface area contributed by atoms with E-state index in [0.717, 1.165) is 38.3 Å². The van der Waals surface area contributed by atoms with E-state index in [4.69, 9.17) is 4.74 Å². The highest BCUT2D eigenvalue weighted by Crippen LogP contribution is 2.09. The Hall–Kier alpha value is -1.13. The molecule has 0 aromatic carbocycles. The molecule has 0 bridgehead atoms. The van der Waals surface area contributed by atoms with Gasteiger partial charge in [-0.15, -0.1) is 0 Å². The zero-order chi connectivity index (χ0) is 12.5. The van der Waals surface area contributed by atoms with Crippen LogP contribution < -0.4 is 10.1 Å². The number of nitrogens with one attached hydrogen (secondary N) is 1. The first-order valence-electron chi connectivity index (χ1n) is 6.17. The summed E-state index contributed by atoms with van der Waals surface area (Å²) in [6.07, 6.45) is 1.16. The molecule has 0 spiro atoms. The number of pyridine rings is 1. The predicted molar refractivity (Wildman–Crippen MR) is 70.3 cm³/mol. The van der Waals surface area contributed by atoms with Crippen molar-refractivity contribution in [3.8, 4) is 5.88 Å². The number of hydrogen-bond acceptors (Lipinski definition) is 4. The third-order valence-electron chi connectivity index (χ3n) is 2.59. The Bertz CT molecular complexity index is 317. The number of hydrogen-bond donors (Lipinski definition) is 1. The Morgan fingerprint density at radius 1 is 1.35 bits per heavy atom. The molecular formula is C13H23N3O. The third kappa shape index (κ3) is 5.15. The van der Waals surface area contributed by atoms with Crippen LogP contribution in [0, 0.1) is 0 Å². The average molecular weight is 237 g/mol. The van der Waals surface area contributed by atoms with Gasteiger partial charge in [0.2, 0.25) is 5.88 Å². The van der Waals surface area contributed by atoms with Crippen LogP contribution in [0.25, 0.3) is 0 Å². The molecule has 0 saturated heterocycles. The second kappa shape index (κ2) is 8.03. The van der Waals surface area contributed by atoms with Gasteiger partial charge in [0, 0.05) is 25.7 Å². The maximum atomic E-state index is 5.14. The Morgan fingerprint density at radius 3 is 2.82 bits per heavy atom. The number of methoxy groups -OCH3 is 1. The lowest BCUT2D eigenvalue weighted by atomic mass is 10.3. The topological polar surface area (TPSA) is 37.4 Å². The molecule has 1 heterocycles. The molecule has 1 aromatic heterocycles. The smallest absolute Gasteiger partial charge is 0.213 e. The minimum Gasteiger partial charge on any atom is -0.481 e. The van der Waals surface area contributed by atoms with Gasteiger partial charge in [-0.3, -0.25) is 4.90 Å². The fraction of sp³-hybridized carbons (Fsp3) is 0.615. The van der Waals surface area contributed by atoms with E-state index >= 15 is 0 Å². The molecule has 1 rings (SSSR count). The van der Waals surface area contributed by atoms with Crippen LogP contribution in [0.15, 0.2) is 18.2 Å². The molecule has 1 N–H and O–H groups in total. The van der Waals surface area contributed by atoms with E-state index in [-0.39, 0.29) is 0 Å². The maximum Gasteiger partial charge on any atom is 0.213 e. The monoisotopic (exact) mass is 237 g/mol. The van der Waals surface area contributed by atoms with Crippen molar-refractivity contribution in [2.75, 3.05) is 33.8 Å². The van der Waals surface area contributed by atoms with Crippen molar-refractivity contribution in [2.45, 2.75) is 19.9 Å². The molecule has 0 fully saturated rings. The van der Waals surface area contributed by atoms with E-state index in [0.29, 0.717) is 5.88 Å². The third-order valence-corrected chi connectivity index (χ3v) is 2.59. The fourth-order valence-electron chi connectivity index (χ4n) is 1.74. The van der Waals surface area contributed by atoms with Crippen molar-refractivity contribution in [3.05, 3.63) is 23.9 Å². The second-order valence-electron chi connectivity index (χ2n) is 4.05. The average Bonchev–Trinajstić information content (AvgIpc) is 2.36. The number of likely N-dealkylation sites (N-methyl/N-ethyl adjacent to an activating group) is 1. The van der Waals surface area contributed by atoms with Gasteiger partial charge in [0.25, 0.3) is 0 Å². The van der Waals surface area contributed by atoms with E-state index in [2.05, 4.69) is 22.1 Å². The lowest BCUT2D eigenvalue weighted by Gasteiger charge is -2.21. The van der Waals surface area contributed by atoms with E-state index < -0.39 is 0 Å². The lowest BCUT2D eigenvalue weighted by molar-refractivity contribution is 0.263. The highest BCUT2D eigenvalue weighted by molar-refractivity contribution is 5.15. The van der Waals surface area contributed by atoms with Gasteiger partial charge in [0.15, 0.2) is 0 Å². The van der Waals surface area contributed by atoms with Gasteiger partial charge >= 0.3 is 0 Å². The SMILES string of the molecule is CCCN(CCNC)Cc1cccc(OC)n1. The molecule has 0 saturated carbocycles. The highest BCUT2D eigenvalue weighted by atomic mass is 16.5. The van der Waals surface area contributed by atoms with Crippen LogP contribution in [-0.4, -0.2) is 43.7 Å². The molecule has 17 heavy (non-hydrogen) atoms. The van der Waals surface area contributed by atoms with Crippen molar-refractivity contribution in [1.82, 2.24) is 15.2 Å². The largest absolute Gasteiger partial charge is 0.481 e. The maximum absolute atomic E-state index is 5.14. The molecule has 4 heteroatoms. The minimum absolute atomic E-state index is 0.688. The first-order valence-corrected chi connectivity index (χ1v) is 6.17. The fourth-order valence-corrected chi connectivity index (χ4v) is 1.74. The van der Waals surface area contributed by atoms with Gasteiger partial charge in [0.05, 0.1) is 12.8 Å². The summed E-state index contributed by atoms with van der Waals surface area (Å²) in [7, 11) is 3.63. The van der Waals surface area contributed by atoms with Crippen LogP contribution >= 0.6 is 0 Å². The first-order chi connectivity index (χ1) is 8.30. The predicted octanol–water partition coefficient (Wildman–Crippen LogP) is 1.52. The molecule has 0 radical (unpaired) electrons. The Labute approximate surface area is 104 Å². The Balaban J connectivity index is 2.57. The van der Waals surface area contributed by atoms with Crippen molar-refractivity contribution in [2.24, 2.45) is 0 Å². The summed E-state index contributed by atoms with van der Waals surface area (Å²) in [5.41, 5.74) is 1.06. The van der Waals surface area contributed by atoms with Crippen LogP contribution in [0.2, 0.25) is 0 Å². The summed E-state index contributed by atoms with van der Waals surface area (Å²) in [5.74, 6) is 0.688. The summed E-state index contributed by atoms with van der Waals surface area (Å²) in [6.45, 7) is 6.23. The first kappa shape index (κ1) is 13.9. The van der Waals surface area contributed by atoms with Gasteiger partial charge in [-0.2, -0.15) is 0 Å². The van der Waals surface area contributed by atoms with Gasteiger partial charge in [-0.25, -0.2) is 4.98 Å². The molecule has 0 aliphatic rings. The number of ether oxygens (including phenoxy) is 1. The molecule has 0 atom stereocenters. The molecular weight excluding hydrogens is 214 g/mol. The van der Waals surface area contributed by atoms with Crippen molar-refractivity contribution >= 4 is 0 Å². The van der Waals surface area contributed by atoms with Crippen molar-refractivity contribution in [3.63, 3.8) is 0 Å².